The van der Waals surface area contributed by atoms with E-state index in [9.17, 15) is 14.0 Å². The fourth-order valence-corrected chi connectivity index (χ4v) is 3.27. The minimum absolute atomic E-state index is 0.215. The highest BCUT2D eigenvalue weighted by Crippen LogP contribution is 2.38. The molecule has 2 aromatic rings. The molecule has 1 aromatic carbocycles. The molecule has 1 atom stereocenters. The van der Waals surface area contributed by atoms with E-state index in [1.165, 1.54) is 17.2 Å². The van der Waals surface area contributed by atoms with Gasteiger partial charge in [-0.1, -0.05) is 6.07 Å². The van der Waals surface area contributed by atoms with E-state index in [1.807, 2.05) is 6.07 Å². The normalized spacial score (nSPS) is 15.8. The number of nitrogens with two attached hydrogens (primary N) is 1. The highest BCUT2D eigenvalue weighted by Gasteiger charge is 2.34. The van der Waals surface area contributed by atoms with Crippen molar-refractivity contribution in [2.45, 2.75) is 25.8 Å². The first-order chi connectivity index (χ1) is 11.5. The highest BCUT2D eigenvalue weighted by atomic mass is 19.1. The molecule has 0 fully saturated rings. The number of hydrogen-bond acceptors (Lipinski definition) is 3. The summed E-state index contributed by atoms with van der Waals surface area (Å²) < 4.78 is 14.2. The lowest BCUT2D eigenvalue weighted by Crippen LogP contribution is -2.40. The van der Waals surface area contributed by atoms with E-state index >= 15 is 0 Å². The quantitative estimate of drug-likeness (QED) is 0.935. The van der Waals surface area contributed by atoms with Gasteiger partial charge in [-0.2, -0.15) is 0 Å². The van der Waals surface area contributed by atoms with Crippen molar-refractivity contribution < 1.29 is 14.0 Å². The van der Waals surface area contributed by atoms with Gasteiger partial charge in [-0.3, -0.25) is 14.6 Å². The Balaban J connectivity index is 2.00. The molecule has 0 spiro atoms. The number of aromatic nitrogens is 1. The molecule has 0 radical (unpaired) electrons. The molecule has 0 aliphatic heterocycles. The molecule has 0 bridgehead atoms. The Labute approximate surface area is 139 Å². The van der Waals surface area contributed by atoms with E-state index in [-0.39, 0.29) is 24.3 Å². The van der Waals surface area contributed by atoms with Gasteiger partial charge in [0.05, 0.1) is 11.6 Å². The Morgan fingerprint density at radius 1 is 1.42 bits per heavy atom. The second-order valence-corrected chi connectivity index (χ2v) is 6.01. The lowest BCUT2D eigenvalue weighted by Gasteiger charge is -2.29. The number of amides is 2. The second kappa shape index (κ2) is 6.39. The highest BCUT2D eigenvalue weighted by molar-refractivity contribution is 5.96. The van der Waals surface area contributed by atoms with E-state index in [2.05, 4.69) is 4.98 Å². The third-order valence-electron chi connectivity index (χ3n) is 4.27. The molecule has 124 valence electrons. The summed E-state index contributed by atoms with van der Waals surface area (Å²) >= 11 is 0. The van der Waals surface area contributed by atoms with E-state index in [4.69, 9.17) is 5.73 Å². The van der Waals surface area contributed by atoms with Crippen LogP contribution in [0.1, 0.15) is 39.5 Å². The van der Waals surface area contributed by atoms with Gasteiger partial charge in [0.25, 0.3) is 5.91 Å². The summed E-state index contributed by atoms with van der Waals surface area (Å²) in [5.74, 6) is -1.20. The van der Waals surface area contributed by atoms with Crippen molar-refractivity contribution in [3.05, 3.63) is 64.7 Å². The molecule has 0 saturated heterocycles. The molecule has 1 aliphatic carbocycles. The number of rotatable bonds is 4. The molecule has 1 unspecified atom stereocenters. The van der Waals surface area contributed by atoms with Crippen molar-refractivity contribution in [2.24, 2.45) is 5.73 Å². The molecule has 5 nitrogen and oxygen atoms in total. The number of nitrogens with zero attached hydrogens (tertiary/aromatic N) is 2. The van der Waals surface area contributed by atoms with Gasteiger partial charge in [-0.15, -0.1) is 0 Å². The number of pyridine rings is 1. The van der Waals surface area contributed by atoms with Gasteiger partial charge in [0.2, 0.25) is 5.91 Å². The van der Waals surface area contributed by atoms with E-state index in [1.54, 1.807) is 25.3 Å². The third kappa shape index (κ3) is 2.99. The maximum Gasteiger partial charge on any atom is 0.256 e. The summed E-state index contributed by atoms with van der Waals surface area (Å²) in [7, 11) is 0. The monoisotopic (exact) mass is 327 g/mol. The summed E-state index contributed by atoms with van der Waals surface area (Å²) in [5.41, 5.74) is 7.86. The fourth-order valence-electron chi connectivity index (χ4n) is 3.27. The Kier molecular flexibility index (Phi) is 4.29. The minimum atomic E-state index is -0.603. The molecule has 2 amide bonds. The number of fused-ring (bicyclic) bond motifs is 1. The molecule has 24 heavy (non-hydrogen) atoms. The van der Waals surface area contributed by atoms with Crippen LogP contribution in [0.3, 0.4) is 0 Å². The van der Waals surface area contributed by atoms with Crippen molar-refractivity contribution in [2.75, 3.05) is 6.54 Å². The van der Waals surface area contributed by atoms with Crippen LogP contribution in [0.5, 0.6) is 0 Å². The Hall–Kier alpha value is -2.76. The average Bonchev–Trinajstić information content (AvgIpc) is 2.96. The van der Waals surface area contributed by atoms with Gasteiger partial charge in [-0.05, 0) is 54.7 Å². The lowest BCUT2D eigenvalue weighted by molar-refractivity contribution is -0.119. The van der Waals surface area contributed by atoms with Crippen LogP contribution in [0, 0.1) is 12.7 Å². The summed E-state index contributed by atoms with van der Waals surface area (Å²) in [6, 6.07) is 6.29. The number of benzene rings is 1. The standard InChI is InChI=1S/C18H18FN3O2/c1-11-7-14-13(15(19)8-11)4-5-16(14)22(10-17(20)23)18(24)12-3-2-6-21-9-12/h2-3,6-9,16H,4-5,10H2,1H3,(H2,20,23). The van der Waals surface area contributed by atoms with Crippen LogP contribution >= 0.6 is 0 Å². The van der Waals surface area contributed by atoms with Crippen molar-refractivity contribution >= 4 is 11.8 Å². The maximum absolute atomic E-state index is 14.2. The second-order valence-electron chi connectivity index (χ2n) is 6.01. The SMILES string of the molecule is Cc1cc(F)c2c(c1)C(N(CC(N)=O)C(=O)c1cccnc1)CC2. The van der Waals surface area contributed by atoms with Crippen molar-refractivity contribution in [3.63, 3.8) is 0 Å². The van der Waals surface area contributed by atoms with Crippen LogP contribution < -0.4 is 5.73 Å². The Morgan fingerprint density at radius 3 is 2.88 bits per heavy atom. The van der Waals surface area contributed by atoms with Gasteiger partial charge in [0.1, 0.15) is 12.4 Å². The lowest BCUT2D eigenvalue weighted by atomic mass is 10.0. The zero-order chi connectivity index (χ0) is 17.3. The van der Waals surface area contributed by atoms with Gasteiger partial charge >= 0.3 is 0 Å². The zero-order valence-electron chi connectivity index (χ0n) is 13.3. The number of hydrogen-bond donors (Lipinski definition) is 1. The van der Waals surface area contributed by atoms with E-state index in [0.29, 0.717) is 24.0 Å². The van der Waals surface area contributed by atoms with Crippen LogP contribution in [0.2, 0.25) is 0 Å². The molecule has 1 heterocycles. The van der Waals surface area contributed by atoms with Gasteiger partial charge < -0.3 is 10.6 Å². The van der Waals surface area contributed by atoms with Gasteiger partial charge in [-0.25, -0.2) is 4.39 Å². The van der Waals surface area contributed by atoms with Crippen molar-refractivity contribution in [3.8, 4) is 0 Å². The molecular weight excluding hydrogens is 309 g/mol. The largest absolute Gasteiger partial charge is 0.368 e. The molecule has 3 rings (SSSR count). The zero-order valence-corrected chi connectivity index (χ0v) is 13.3. The molecule has 2 N–H and O–H groups in total. The van der Waals surface area contributed by atoms with E-state index < -0.39 is 5.91 Å². The topological polar surface area (TPSA) is 76.3 Å². The summed E-state index contributed by atoms with van der Waals surface area (Å²) in [6.45, 7) is 1.59. The molecular formula is C18H18FN3O2. The summed E-state index contributed by atoms with van der Waals surface area (Å²) in [5, 5.41) is 0. The summed E-state index contributed by atoms with van der Waals surface area (Å²) in [6.07, 6.45) is 4.11. The first kappa shape index (κ1) is 16.1. The molecule has 0 saturated carbocycles. The number of halogens is 1. The Bertz CT molecular complexity index is 792. The maximum atomic E-state index is 14.2. The predicted molar refractivity (Wildman–Crippen MR) is 86.7 cm³/mol. The number of primary amides is 1. The Morgan fingerprint density at radius 2 is 2.21 bits per heavy atom. The number of carbonyl (C=O) groups is 2. The predicted octanol–water partition coefficient (Wildman–Crippen LogP) is 2.14. The number of aryl methyl sites for hydroxylation is 1. The van der Waals surface area contributed by atoms with Crippen molar-refractivity contribution in [1.82, 2.24) is 9.88 Å². The smallest absolute Gasteiger partial charge is 0.256 e. The first-order valence-electron chi connectivity index (χ1n) is 7.75. The minimum Gasteiger partial charge on any atom is -0.368 e. The third-order valence-corrected chi connectivity index (χ3v) is 4.27. The van der Waals surface area contributed by atoms with E-state index in [0.717, 1.165) is 11.1 Å². The van der Waals surface area contributed by atoms with Crippen LogP contribution in [0.25, 0.3) is 0 Å². The van der Waals surface area contributed by atoms with Gasteiger partial charge in [0.15, 0.2) is 0 Å². The molecule has 1 aliphatic rings. The van der Waals surface area contributed by atoms with Crippen LogP contribution in [0.4, 0.5) is 4.39 Å². The molecule has 1 aromatic heterocycles. The van der Waals surface area contributed by atoms with Crippen LogP contribution in [-0.2, 0) is 11.2 Å². The average molecular weight is 327 g/mol. The van der Waals surface area contributed by atoms with Crippen LogP contribution in [-0.4, -0.2) is 28.2 Å². The summed E-state index contributed by atoms with van der Waals surface area (Å²) in [4.78, 5) is 29.7. The molecule has 6 heteroatoms. The van der Waals surface area contributed by atoms with Gasteiger partial charge in [0, 0.05) is 12.4 Å². The first-order valence-corrected chi connectivity index (χ1v) is 7.75. The van der Waals surface area contributed by atoms with Crippen molar-refractivity contribution in [1.29, 1.82) is 0 Å². The fraction of sp³-hybridized carbons (Fsp3) is 0.278. The number of carbonyl (C=O) groups excluding carboxylic acids is 2. The van der Waals surface area contributed by atoms with Crippen LogP contribution in [0.15, 0.2) is 36.7 Å².